The SMILES string of the molecule is C[C@@H](B(O)O)c1ccccc1. The molecule has 0 bridgehead atoms. The van der Waals surface area contributed by atoms with Crippen LogP contribution < -0.4 is 0 Å². The maximum absolute atomic E-state index is 8.83. The molecule has 0 aliphatic heterocycles. The van der Waals surface area contributed by atoms with Crippen molar-refractivity contribution >= 4 is 7.12 Å². The van der Waals surface area contributed by atoms with E-state index in [9.17, 15) is 0 Å². The fourth-order valence-electron chi connectivity index (χ4n) is 0.929. The van der Waals surface area contributed by atoms with Crippen LogP contribution in [0.2, 0.25) is 0 Å². The van der Waals surface area contributed by atoms with Crippen LogP contribution in [0.3, 0.4) is 0 Å². The van der Waals surface area contributed by atoms with Gasteiger partial charge in [-0.3, -0.25) is 0 Å². The van der Waals surface area contributed by atoms with Gasteiger partial charge in [0, 0.05) is 5.82 Å². The third-order valence-corrected chi connectivity index (χ3v) is 1.77. The highest BCUT2D eigenvalue weighted by Crippen LogP contribution is 2.14. The summed E-state index contributed by atoms with van der Waals surface area (Å²) in [6, 6.07) is 9.43. The molecular weight excluding hydrogens is 139 g/mol. The molecule has 0 radical (unpaired) electrons. The van der Waals surface area contributed by atoms with Gasteiger partial charge in [-0.25, -0.2) is 0 Å². The molecule has 58 valence electrons. The number of rotatable bonds is 2. The maximum atomic E-state index is 8.83. The van der Waals surface area contributed by atoms with E-state index in [4.69, 9.17) is 10.0 Å². The molecule has 0 unspecified atom stereocenters. The van der Waals surface area contributed by atoms with E-state index < -0.39 is 7.12 Å². The Hall–Kier alpha value is -0.795. The summed E-state index contributed by atoms with van der Waals surface area (Å²) in [7, 11) is -1.27. The van der Waals surface area contributed by atoms with Crippen LogP contribution in [0.25, 0.3) is 0 Å². The Morgan fingerprint density at radius 2 is 1.73 bits per heavy atom. The van der Waals surface area contributed by atoms with Crippen molar-refractivity contribution in [2.24, 2.45) is 0 Å². The summed E-state index contributed by atoms with van der Waals surface area (Å²) in [6.45, 7) is 1.78. The molecule has 0 aromatic heterocycles. The van der Waals surface area contributed by atoms with Gasteiger partial charge in [0.1, 0.15) is 0 Å². The van der Waals surface area contributed by atoms with E-state index in [1.165, 1.54) is 0 Å². The Bertz CT molecular complexity index is 211. The van der Waals surface area contributed by atoms with Gasteiger partial charge in [0.15, 0.2) is 0 Å². The molecule has 0 aliphatic rings. The first kappa shape index (κ1) is 8.30. The fraction of sp³-hybridized carbons (Fsp3) is 0.250. The quantitative estimate of drug-likeness (QED) is 0.612. The monoisotopic (exact) mass is 150 g/mol. The standard InChI is InChI=1S/C8H11BO2/c1-7(9(10)11)8-5-3-2-4-6-8/h2-7,10-11H,1H3/t7-/m1/s1. The van der Waals surface area contributed by atoms with E-state index in [1.807, 2.05) is 30.3 Å². The summed E-state index contributed by atoms with van der Waals surface area (Å²) in [4.78, 5) is 0. The van der Waals surface area contributed by atoms with Crippen LogP contribution in [0.1, 0.15) is 18.3 Å². The Morgan fingerprint density at radius 1 is 1.18 bits per heavy atom. The molecule has 0 saturated heterocycles. The first-order valence-corrected chi connectivity index (χ1v) is 3.63. The molecule has 0 fully saturated rings. The van der Waals surface area contributed by atoms with E-state index in [0.29, 0.717) is 0 Å². The van der Waals surface area contributed by atoms with E-state index >= 15 is 0 Å². The second kappa shape index (κ2) is 3.55. The Labute approximate surface area is 66.6 Å². The van der Waals surface area contributed by atoms with Crippen LogP contribution in [0.15, 0.2) is 30.3 Å². The minimum atomic E-state index is -1.27. The predicted molar refractivity (Wildman–Crippen MR) is 45.0 cm³/mol. The lowest BCUT2D eigenvalue weighted by Crippen LogP contribution is -2.20. The van der Waals surface area contributed by atoms with Gasteiger partial charge in [-0.15, -0.1) is 0 Å². The van der Waals surface area contributed by atoms with Crippen molar-refractivity contribution in [1.29, 1.82) is 0 Å². The zero-order chi connectivity index (χ0) is 8.27. The molecule has 2 N–H and O–H groups in total. The first-order chi connectivity index (χ1) is 5.22. The van der Waals surface area contributed by atoms with Crippen LogP contribution in [0, 0.1) is 0 Å². The maximum Gasteiger partial charge on any atom is 0.459 e. The summed E-state index contributed by atoms with van der Waals surface area (Å²) in [6.07, 6.45) is 0. The van der Waals surface area contributed by atoms with Crippen molar-refractivity contribution in [2.75, 3.05) is 0 Å². The average Bonchev–Trinajstić information content (AvgIpc) is 2.05. The smallest absolute Gasteiger partial charge is 0.427 e. The van der Waals surface area contributed by atoms with Crippen LogP contribution >= 0.6 is 0 Å². The van der Waals surface area contributed by atoms with Crippen molar-refractivity contribution in [1.82, 2.24) is 0 Å². The van der Waals surface area contributed by atoms with Crippen LogP contribution in [-0.2, 0) is 0 Å². The van der Waals surface area contributed by atoms with E-state index in [1.54, 1.807) is 6.92 Å². The zero-order valence-corrected chi connectivity index (χ0v) is 6.44. The minimum absolute atomic E-state index is 0.212. The lowest BCUT2D eigenvalue weighted by molar-refractivity contribution is 0.392. The molecule has 1 aromatic rings. The van der Waals surface area contributed by atoms with Crippen molar-refractivity contribution in [3.8, 4) is 0 Å². The highest BCUT2D eigenvalue weighted by atomic mass is 16.4. The van der Waals surface area contributed by atoms with Gasteiger partial charge in [0.2, 0.25) is 0 Å². The molecule has 0 aliphatic carbocycles. The highest BCUT2D eigenvalue weighted by molar-refractivity contribution is 6.43. The second-order valence-corrected chi connectivity index (χ2v) is 2.61. The van der Waals surface area contributed by atoms with Gasteiger partial charge in [0.05, 0.1) is 0 Å². The largest absolute Gasteiger partial charge is 0.459 e. The molecule has 11 heavy (non-hydrogen) atoms. The second-order valence-electron chi connectivity index (χ2n) is 2.61. The average molecular weight is 150 g/mol. The molecular formula is C8H11BO2. The summed E-state index contributed by atoms with van der Waals surface area (Å²) in [5.74, 6) is -0.212. The molecule has 1 aromatic carbocycles. The lowest BCUT2D eigenvalue weighted by atomic mass is 9.70. The molecule has 2 nitrogen and oxygen atoms in total. The predicted octanol–water partition coefficient (Wildman–Crippen LogP) is 0.802. The van der Waals surface area contributed by atoms with Gasteiger partial charge in [-0.1, -0.05) is 37.3 Å². The van der Waals surface area contributed by atoms with Crippen LogP contribution in [0.4, 0.5) is 0 Å². The van der Waals surface area contributed by atoms with Gasteiger partial charge < -0.3 is 10.0 Å². The third kappa shape index (κ3) is 2.07. The van der Waals surface area contributed by atoms with Crippen LogP contribution in [-0.4, -0.2) is 17.2 Å². The molecule has 0 saturated carbocycles. The summed E-state index contributed by atoms with van der Waals surface area (Å²) < 4.78 is 0. The molecule has 1 atom stereocenters. The Kier molecular flexibility index (Phi) is 2.68. The summed E-state index contributed by atoms with van der Waals surface area (Å²) >= 11 is 0. The summed E-state index contributed by atoms with van der Waals surface area (Å²) in [5.41, 5.74) is 0.947. The van der Waals surface area contributed by atoms with E-state index in [0.717, 1.165) is 5.56 Å². The van der Waals surface area contributed by atoms with Gasteiger partial charge in [-0.05, 0) is 5.56 Å². The van der Waals surface area contributed by atoms with Gasteiger partial charge in [-0.2, -0.15) is 0 Å². The highest BCUT2D eigenvalue weighted by Gasteiger charge is 2.18. The molecule has 3 heteroatoms. The normalized spacial score (nSPS) is 12.6. The molecule has 0 spiro atoms. The zero-order valence-electron chi connectivity index (χ0n) is 6.44. The Balaban J connectivity index is 2.77. The number of hydrogen-bond acceptors (Lipinski definition) is 2. The van der Waals surface area contributed by atoms with Crippen molar-refractivity contribution < 1.29 is 10.0 Å². The van der Waals surface area contributed by atoms with Crippen molar-refractivity contribution in [3.63, 3.8) is 0 Å². The van der Waals surface area contributed by atoms with Crippen molar-refractivity contribution in [3.05, 3.63) is 35.9 Å². The number of benzene rings is 1. The molecule has 1 rings (SSSR count). The minimum Gasteiger partial charge on any atom is -0.427 e. The van der Waals surface area contributed by atoms with Crippen molar-refractivity contribution in [2.45, 2.75) is 12.7 Å². The lowest BCUT2D eigenvalue weighted by Gasteiger charge is -2.08. The summed E-state index contributed by atoms with van der Waals surface area (Å²) in [5, 5.41) is 17.7. The van der Waals surface area contributed by atoms with E-state index in [2.05, 4.69) is 0 Å². The first-order valence-electron chi connectivity index (χ1n) is 3.63. The molecule has 0 heterocycles. The van der Waals surface area contributed by atoms with Crippen LogP contribution in [0.5, 0.6) is 0 Å². The molecule has 0 amide bonds. The fourth-order valence-corrected chi connectivity index (χ4v) is 0.929. The number of hydrogen-bond donors (Lipinski definition) is 2. The third-order valence-electron chi connectivity index (χ3n) is 1.77. The van der Waals surface area contributed by atoms with E-state index in [-0.39, 0.29) is 5.82 Å². The van der Waals surface area contributed by atoms with Gasteiger partial charge in [0.25, 0.3) is 0 Å². The topological polar surface area (TPSA) is 40.5 Å². The Morgan fingerprint density at radius 3 is 2.18 bits per heavy atom. The van der Waals surface area contributed by atoms with Gasteiger partial charge >= 0.3 is 7.12 Å².